The van der Waals surface area contributed by atoms with E-state index in [4.69, 9.17) is 13.6 Å². The average molecular weight is 383 g/mol. The van der Waals surface area contributed by atoms with Gasteiger partial charge in [-0.25, -0.2) is 0 Å². The second-order valence-electron chi connectivity index (χ2n) is 5.93. The van der Waals surface area contributed by atoms with E-state index in [9.17, 15) is 9.90 Å². The molecule has 0 spiro atoms. The lowest BCUT2D eigenvalue weighted by molar-refractivity contribution is 0.0877. The van der Waals surface area contributed by atoms with Gasteiger partial charge in [0.2, 0.25) is 0 Å². The number of amides is 1. The van der Waals surface area contributed by atoms with E-state index in [0.717, 1.165) is 10.9 Å². The molecule has 2 N–H and O–H groups in total. The number of aliphatic hydroxyl groups excluding tert-OH is 1. The summed E-state index contributed by atoms with van der Waals surface area (Å²) < 4.78 is 16.5. The molecule has 1 atom stereocenters. The fourth-order valence-electron chi connectivity index (χ4n) is 2.78. The van der Waals surface area contributed by atoms with Crippen LogP contribution in [0.2, 0.25) is 0 Å². The highest BCUT2D eigenvalue weighted by Crippen LogP contribution is 2.29. The third-order valence-electron chi connectivity index (χ3n) is 4.17. The Kier molecular flexibility index (Phi) is 4.70. The van der Waals surface area contributed by atoms with E-state index in [2.05, 4.69) is 5.32 Å². The van der Waals surface area contributed by atoms with Gasteiger partial charge in [-0.2, -0.15) is 11.3 Å². The first-order valence-corrected chi connectivity index (χ1v) is 9.25. The maximum Gasteiger partial charge on any atom is 0.287 e. The molecular formula is C20H17NO5S. The smallest absolute Gasteiger partial charge is 0.287 e. The molecule has 4 rings (SSSR count). The number of carbonyl (C=O) groups is 1. The number of aliphatic hydroxyl groups is 1. The highest BCUT2D eigenvalue weighted by Gasteiger charge is 2.18. The van der Waals surface area contributed by atoms with Crippen molar-refractivity contribution in [2.75, 3.05) is 13.7 Å². The molecule has 7 heteroatoms. The maximum absolute atomic E-state index is 12.4. The predicted molar refractivity (Wildman–Crippen MR) is 102 cm³/mol. The minimum absolute atomic E-state index is 0.00358. The highest BCUT2D eigenvalue weighted by atomic mass is 32.1. The van der Waals surface area contributed by atoms with Gasteiger partial charge in [0.15, 0.2) is 17.1 Å². The van der Waals surface area contributed by atoms with Gasteiger partial charge in [0, 0.05) is 16.3 Å². The quantitative estimate of drug-likeness (QED) is 0.521. The Morgan fingerprint density at radius 3 is 2.93 bits per heavy atom. The highest BCUT2D eigenvalue weighted by molar-refractivity contribution is 7.08. The Morgan fingerprint density at radius 2 is 2.15 bits per heavy atom. The largest absolute Gasteiger partial charge is 0.493 e. The third kappa shape index (κ3) is 3.47. The molecule has 4 aromatic rings. The lowest BCUT2D eigenvalue weighted by atomic mass is 10.2. The van der Waals surface area contributed by atoms with Gasteiger partial charge < -0.3 is 24.0 Å². The van der Waals surface area contributed by atoms with Crippen LogP contribution in [0.5, 0.6) is 5.75 Å². The zero-order valence-electron chi connectivity index (χ0n) is 14.5. The van der Waals surface area contributed by atoms with Crippen LogP contribution in [0.15, 0.2) is 62.1 Å². The number of ether oxygens (including phenoxy) is 1. The van der Waals surface area contributed by atoms with E-state index in [-0.39, 0.29) is 12.3 Å². The Bertz CT molecular complexity index is 1060. The van der Waals surface area contributed by atoms with E-state index in [1.165, 1.54) is 0 Å². The summed E-state index contributed by atoms with van der Waals surface area (Å²) in [6.45, 7) is 0.00358. The molecule has 138 valence electrons. The number of hydrogen-bond donors (Lipinski definition) is 2. The molecule has 0 fully saturated rings. The molecule has 0 saturated carbocycles. The van der Waals surface area contributed by atoms with Crippen molar-refractivity contribution in [3.63, 3.8) is 0 Å². The summed E-state index contributed by atoms with van der Waals surface area (Å²) in [6, 6.07) is 12.5. The van der Waals surface area contributed by atoms with E-state index in [0.29, 0.717) is 22.9 Å². The first-order chi connectivity index (χ1) is 13.2. The van der Waals surface area contributed by atoms with Gasteiger partial charge in [-0.1, -0.05) is 12.1 Å². The Hall–Kier alpha value is -3.03. The number of carbonyl (C=O) groups excluding carboxylic acids is 1. The van der Waals surface area contributed by atoms with Gasteiger partial charge in [-0.05, 0) is 35.7 Å². The lowest BCUT2D eigenvalue weighted by Gasteiger charge is -2.08. The van der Waals surface area contributed by atoms with Gasteiger partial charge in [0.05, 0.1) is 13.7 Å². The molecule has 0 aliphatic rings. The SMILES string of the molecule is COc1cccc2cc(C(=O)NC[C@H](O)c3ccc(-c4ccsc4)o3)oc12. The van der Waals surface area contributed by atoms with Crippen molar-refractivity contribution in [3.8, 4) is 17.1 Å². The van der Waals surface area contributed by atoms with Crippen LogP contribution in [0.3, 0.4) is 0 Å². The van der Waals surface area contributed by atoms with Crippen molar-refractivity contribution in [1.82, 2.24) is 5.32 Å². The van der Waals surface area contributed by atoms with Gasteiger partial charge in [-0.3, -0.25) is 4.79 Å². The normalized spacial score (nSPS) is 12.2. The summed E-state index contributed by atoms with van der Waals surface area (Å²) in [5.41, 5.74) is 1.47. The van der Waals surface area contributed by atoms with E-state index in [1.54, 1.807) is 42.7 Å². The topological polar surface area (TPSA) is 84.8 Å². The van der Waals surface area contributed by atoms with Crippen molar-refractivity contribution in [2.24, 2.45) is 0 Å². The van der Waals surface area contributed by atoms with Gasteiger partial charge >= 0.3 is 0 Å². The van der Waals surface area contributed by atoms with Crippen LogP contribution in [-0.2, 0) is 0 Å². The van der Waals surface area contributed by atoms with Crippen LogP contribution < -0.4 is 10.1 Å². The molecule has 0 bridgehead atoms. The number of methoxy groups -OCH3 is 1. The van der Waals surface area contributed by atoms with Gasteiger partial charge in [-0.15, -0.1) is 0 Å². The number of hydrogen-bond acceptors (Lipinski definition) is 6. The van der Waals surface area contributed by atoms with Crippen LogP contribution in [-0.4, -0.2) is 24.7 Å². The van der Waals surface area contributed by atoms with Gasteiger partial charge in [0.25, 0.3) is 5.91 Å². The number of thiophene rings is 1. The molecular weight excluding hydrogens is 366 g/mol. The van der Waals surface area contributed by atoms with Crippen molar-refractivity contribution in [1.29, 1.82) is 0 Å². The number of nitrogens with one attached hydrogen (secondary N) is 1. The van der Waals surface area contributed by atoms with Crippen molar-refractivity contribution < 1.29 is 23.5 Å². The van der Waals surface area contributed by atoms with Crippen molar-refractivity contribution in [2.45, 2.75) is 6.10 Å². The van der Waals surface area contributed by atoms with Crippen molar-refractivity contribution >= 4 is 28.2 Å². The monoisotopic (exact) mass is 383 g/mol. The summed E-state index contributed by atoms with van der Waals surface area (Å²) in [4.78, 5) is 12.4. The zero-order chi connectivity index (χ0) is 18.8. The van der Waals surface area contributed by atoms with Gasteiger partial charge in [0.1, 0.15) is 17.6 Å². The van der Waals surface area contributed by atoms with E-state index >= 15 is 0 Å². The number of fused-ring (bicyclic) bond motifs is 1. The minimum atomic E-state index is -0.958. The van der Waals surface area contributed by atoms with Crippen molar-refractivity contribution in [3.05, 3.63) is 64.7 Å². The molecule has 3 aromatic heterocycles. The molecule has 0 aliphatic heterocycles. The number of para-hydroxylation sites is 1. The average Bonchev–Trinajstić information content (AvgIpc) is 3.44. The Morgan fingerprint density at radius 1 is 1.26 bits per heavy atom. The van der Waals surface area contributed by atoms with Crippen LogP contribution in [0.25, 0.3) is 22.3 Å². The number of benzene rings is 1. The molecule has 3 heterocycles. The summed E-state index contributed by atoms with van der Waals surface area (Å²) in [5.74, 6) is 1.36. The maximum atomic E-state index is 12.4. The predicted octanol–water partition coefficient (Wildman–Crippen LogP) is 4.23. The number of furan rings is 2. The van der Waals surface area contributed by atoms with E-state index < -0.39 is 12.0 Å². The fraction of sp³-hybridized carbons (Fsp3) is 0.150. The molecule has 27 heavy (non-hydrogen) atoms. The van der Waals surface area contributed by atoms with Crippen LogP contribution >= 0.6 is 11.3 Å². The molecule has 0 unspecified atom stereocenters. The minimum Gasteiger partial charge on any atom is -0.493 e. The first kappa shape index (κ1) is 17.4. The first-order valence-electron chi connectivity index (χ1n) is 8.31. The Labute approximate surface area is 159 Å². The molecule has 0 aliphatic carbocycles. The number of rotatable bonds is 6. The lowest BCUT2D eigenvalue weighted by Crippen LogP contribution is -2.27. The summed E-state index contributed by atoms with van der Waals surface area (Å²) >= 11 is 1.57. The molecule has 1 aromatic carbocycles. The molecule has 0 saturated heterocycles. The Balaban J connectivity index is 1.43. The van der Waals surface area contributed by atoms with E-state index in [1.807, 2.05) is 29.0 Å². The summed E-state index contributed by atoms with van der Waals surface area (Å²) in [6.07, 6.45) is -0.958. The standard InChI is InChI=1S/C20H17NO5S/c1-24-17-4-2-3-12-9-18(26-19(12)17)20(23)21-10-14(22)16-6-5-15(25-16)13-7-8-27-11-13/h2-9,11,14,22H,10H2,1H3,(H,21,23)/t14-/m0/s1. The second-order valence-corrected chi connectivity index (χ2v) is 6.71. The van der Waals surface area contributed by atoms with Crippen LogP contribution in [0.4, 0.5) is 0 Å². The summed E-state index contributed by atoms with van der Waals surface area (Å²) in [7, 11) is 1.54. The molecule has 0 radical (unpaired) electrons. The fourth-order valence-corrected chi connectivity index (χ4v) is 3.42. The molecule has 6 nitrogen and oxygen atoms in total. The third-order valence-corrected chi connectivity index (χ3v) is 4.85. The summed E-state index contributed by atoms with van der Waals surface area (Å²) in [5, 5.41) is 17.6. The second kappa shape index (κ2) is 7.30. The van der Waals surface area contributed by atoms with Crippen LogP contribution in [0, 0.1) is 0 Å². The molecule has 1 amide bonds. The van der Waals surface area contributed by atoms with Crippen LogP contribution in [0.1, 0.15) is 22.4 Å². The zero-order valence-corrected chi connectivity index (χ0v) is 15.3.